The van der Waals surface area contributed by atoms with Crippen LogP contribution in [0.4, 0.5) is 5.69 Å². The summed E-state index contributed by atoms with van der Waals surface area (Å²) in [6.45, 7) is 0. The fourth-order valence-electron chi connectivity index (χ4n) is 3.63. The standard InChI is InChI=1S/C23H17N2O2/c26-23-19(14-17-10-6-7-13-22(17)27-23)20-15-21(16-8-4-5-9-16)25(24-20)18-11-2-1-3-12-18/h1-14,21H,15H2. The van der Waals surface area contributed by atoms with Gasteiger partial charge >= 0.3 is 5.63 Å². The van der Waals surface area contributed by atoms with Crippen molar-refractivity contribution >= 4 is 22.4 Å². The Balaban J connectivity index is 1.58. The second-order valence-corrected chi connectivity index (χ2v) is 6.65. The van der Waals surface area contributed by atoms with E-state index >= 15 is 0 Å². The smallest absolute Gasteiger partial charge is 0.345 e. The molecule has 2 heterocycles. The first kappa shape index (κ1) is 16.3. The van der Waals surface area contributed by atoms with E-state index in [0.717, 1.165) is 16.8 Å². The number of nitrogens with zero attached hydrogens (tertiary/aromatic N) is 2. The summed E-state index contributed by atoms with van der Waals surface area (Å²) in [5.41, 5.74) is 2.54. The van der Waals surface area contributed by atoms with Gasteiger partial charge in [-0.3, -0.25) is 5.01 Å². The molecule has 4 nitrogen and oxygen atoms in total. The van der Waals surface area contributed by atoms with Gasteiger partial charge in [-0.2, -0.15) is 5.10 Å². The molecule has 1 fully saturated rings. The van der Waals surface area contributed by atoms with Crippen LogP contribution in [0.2, 0.25) is 0 Å². The van der Waals surface area contributed by atoms with Crippen LogP contribution in [0.15, 0.2) is 75.0 Å². The summed E-state index contributed by atoms with van der Waals surface area (Å²) in [5, 5.41) is 7.72. The highest BCUT2D eigenvalue weighted by Crippen LogP contribution is 2.37. The maximum absolute atomic E-state index is 12.6. The Morgan fingerprint density at radius 3 is 2.52 bits per heavy atom. The zero-order valence-electron chi connectivity index (χ0n) is 14.6. The normalized spacial score (nSPS) is 20.4. The number of anilines is 1. The van der Waals surface area contributed by atoms with Gasteiger partial charge < -0.3 is 4.42 Å². The minimum atomic E-state index is -0.344. The molecule has 0 saturated heterocycles. The van der Waals surface area contributed by atoms with Crippen LogP contribution in [0.3, 0.4) is 0 Å². The van der Waals surface area contributed by atoms with Crippen LogP contribution in [0.5, 0.6) is 0 Å². The van der Waals surface area contributed by atoms with Crippen molar-refractivity contribution in [3.05, 3.63) is 108 Å². The second kappa shape index (κ2) is 6.69. The summed E-state index contributed by atoms with van der Waals surface area (Å²) in [4.78, 5) is 12.6. The molecule has 1 unspecified atom stereocenters. The molecule has 4 heteroatoms. The largest absolute Gasteiger partial charge is 0.422 e. The van der Waals surface area contributed by atoms with E-state index in [9.17, 15) is 4.79 Å². The second-order valence-electron chi connectivity index (χ2n) is 6.65. The predicted octanol–water partition coefficient (Wildman–Crippen LogP) is 4.18. The lowest BCUT2D eigenvalue weighted by atomic mass is 9.92. The summed E-state index contributed by atoms with van der Waals surface area (Å²) in [5.74, 6) is 1.18. The van der Waals surface area contributed by atoms with Gasteiger partial charge in [0.05, 0.1) is 23.0 Å². The number of rotatable bonds is 3. The highest BCUT2D eigenvalue weighted by Gasteiger charge is 2.37. The van der Waals surface area contributed by atoms with Gasteiger partial charge in [-0.15, -0.1) is 0 Å². The number of fused-ring (bicyclic) bond motifs is 1. The first-order valence-corrected chi connectivity index (χ1v) is 8.96. The van der Waals surface area contributed by atoms with E-state index in [-0.39, 0.29) is 11.7 Å². The molecule has 131 valence electrons. The molecule has 3 aromatic rings. The molecule has 0 spiro atoms. The van der Waals surface area contributed by atoms with E-state index in [0.29, 0.717) is 17.6 Å². The summed E-state index contributed by atoms with van der Waals surface area (Å²) >= 11 is 0. The minimum absolute atomic E-state index is 0.0586. The number of para-hydroxylation sites is 2. The van der Waals surface area contributed by atoms with Crippen molar-refractivity contribution in [2.45, 2.75) is 12.5 Å². The molecule has 0 bridgehead atoms. The number of hydrogen-bond donors (Lipinski definition) is 0. The lowest BCUT2D eigenvalue weighted by molar-refractivity contribution is 0.559. The van der Waals surface area contributed by atoms with E-state index in [1.165, 1.54) is 5.92 Å². The van der Waals surface area contributed by atoms with Crippen LogP contribution >= 0.6 is 0 Å². The van der Waals surface area contributed by atoms with Crippen molar-refractivity contribution in [2.24, 2.45) is 5.10 Å². The van der Waals surface area contributed by atoms with Crippen LogP contribution in [-0.4, -0.2) is 11.8 Å². The topological polar surface area (TPSA) is 45.8 Å². The molecule has 2 aromatic carbocycles. The molecule has 0 amide bonds. The zero-order chi connectivity index (χ0) is 18.2. The molecular formula is C23H17N2O2. The van der Waals surface area contributed by atoms with Crippen molar-refractivity contribution in [3.8, 4) is 0 Å². The maximum Gasteiger partial charge on any atom is 0.345 e. The number of hydrogen-bond acceptors (Lipinski definition) is 4. The highest BCUT2D eigenvalue weighted by atomic mass is 16.4. The van der Waals surface area contributed by atoms with Gasteiger partial charge in [-0.1, -0.05) is 36.4 Å². The molecule has 0 N–H and O–H groups in total. The van der Waals surface area contributed by atoms with Crippen molar-refractivity contribution in [2.75, 3.05) is 5.01 Å². The van der Waals surface area contributed by atoms with Crippen LogP contribution < -0.4 is 10.6 Å². The molecule has 1 aliphatic carbocycles. The van der Waals surface area contributed by atoms with Crippen LogP contribution in [0.1, 0.15) is 12.0 Å². The SMILES string of the molecule is O=c1oc2ccccc2cc1C1=NN(c2ccccc2)C([C]2[CH][CH][CH][CH]2)C1. The van der Waals surface area contributed by atoms with Gasteiger partial charge in [0.1, 0.15) is 5.58 Å². The molecule has 1 aliphatic heterocycles. The summed E-state index contributed by atoms with van der Waals surface area (Å²) in [7, 11) is 0. The fraction of sp³-hybridized carbons (Fsp3) is 0.0870. The molecular weight excluding hydrogens is 336 g/mol. The van der Waals surface area contributed by atoms with E-state index in [1.807, 2.05) is 72.4 Å². The molecule has 5 rings (SSSR count). The molecule has 27 heavy (non-hydrogen) atoms. The van der Waals surface area contributed by atoms with E-state index in [4.69, 9.17) is 9.52 Å². The van der Waals surface area contributed by atoms with Gasteiger partial charge in [0, 0.05) is 17.7 Å². The van der Waals surface area contributed by atoms with Gasteiger partial charge in [-0.05, 0) is 49.9 Å². The Hall–Kier alpha value is -2.88. The molecule has 5 radical (unpaired) electrons. The zero-order valence-corrected chi connectivity index (χ0v) is 14.6. The Kier molecular flexibility index (Phi) is 4.04. The van der Waals surface area contributed by atoms with Crippen molar-refractivity contribution in [1.82, 2.24) is 0 Å². The van der Waals surface area contributed by atoms with Gasteiger partial charge in [-0.25, -0.2) is 4.79 Å². The summed E-state index contributed by atoms with van der Waals surface area (Å²) in [6, 6.07) is 19.5. The average Bonchev–Trinajstić information content (AvgIpc) is 3.38. The Bertz CT molecular complexity index is 1050. The first-order chi connectivity index (χ1) is 13.3. The van der Waals surface area contributed by atoms with Crippen molar-refractivity contribution in [3.63, 3.8) is 0 Å². The Labute approximate surface area is 158 Å². The number of hydrazone groups is 1. The third-order valence-electron chi connectivity index (χ3n) is 4.96. The molecule has 1 saturated carbocycles. The van der Waals surface area contributed by atoms with E-state index < -0.39 is 0 Å². The third-order valence-corrected chi connectivity index (χ3v) is 4.96. The van der Waals surface area contributed by atoms with E-state index in [2.05, 4.69) is 12.8 Å². The minimum Gasteiger partial charge on any atom is -0.422 e. The highest BCUT2D eigenvalue weighted by molar-refractivity contribution is 6.04. The fourth-order valence-corrected chi connectivity index (χ4v) is 3.63. The molecule has 1 atom stereocenters. The quantitative estimate of drug-likeness (QED) is 0.664. The van der Waals surface area contributed by atoms with Crippen molar-refractivity contribution in [1.29, 1.82) is 0 Å². The van der Waals surface area contributed by atoms with Gasteiger partial charge in [0.2, 0.25) is 0 Å². The predicted molar refractivity (Wildman–Crippen MR) is 107 cm³/mol. The lowest BCUT2D eigenvalue weighted by Crippen LogP contribution is -2.32. The monoisotopic (exact) mass is 353 g/mol. The Morgan fingerprint density at radius 1 is 0.963 bits per heavy atom. The summed E-state index contributed by atoms with van der Waals surface area (Å²) < 4.78 is 5.52. The maximum atomic E-state index is 12.6. The third kappa shape index (κ3) is 2.95. The van der Waals surface area contributed by atoms with Crippen LogP contribution in [-0.2, 0) is 0 Å². The molecule has 2 aliphatic rings. The average molecular weight is 353 g/mol. The van der Waals surface area contributed by atoms with Gasteiger partial charge in [0.25, 0.3) is 0 Å². The lowest BCUT2D eigenvalue weighted by Gasteiger charge is -2.27. The Morgan fingerprint density at radius 2 is 1.70 bits per heavy atom. The van der Waals surface area contributed by atoms with E-state index in [1.54, 1.807) is 6.07 Å². The summed E-state index contributed by atoms with van der Waals surface area (Å²) in [6.07, 6.45) is 8.91. The first-order valence-electron chi connectivity index (χ1n) is 8.96. The van der Waals surface area contributed by atoms with Crippen LogP contribution in [0, 0.1) is 31.6 Å². The van der Waals surface area contributed by atoms with Crippen molar-refractivity contribution < 1.29 is 4.42 Å². The van der Waals surface area contributed by atoms with Crippen LogP contribution in [0.25, 0.3) is 11.0 Å². The van der Waals surface area contributed by atoms with Gasteiger partial charge in [0.15, 0.2) is 0 Å². The molecule has 1 aromatic heterocycles. The number of benzene rings is 2.